The third kappa shape index (κ3) is 3.44. The second-order valence-corrected chi connectivity index (χ2v) is 5.13. The van der Waals surface area contributed by atoms with Gasteiger partial charge in [0.1, 0.15) is 0 Å². The van der Waals surface area contributed by atoms with Crippen molar-refractivity contribution in [1.82, 2.24) is 5.32 Å². The van der Waals surface area contributed by atoms with Crippen LogP contribution in [0.4, 0.5) is 0 Å². The first kappa shape index (κ1) is 12.9. The predicted octanol–water partition coefficient (Wildman–Crippen LogP) is 3.03. The van der Waals surface area contributed by atoms with Crippen LogP contribution in [-0.4, -0.2) is 20.2 Å². The number of methoxy groups -OCH3 is 1. The van der Waals surface area contributed by atoms with E-state index in [1.165, 1.54) is 24.0 Å². The maximum absolute atomic E-state index is 6.31. The fourth-order valence-corrected chi connectivity index (χ4v) is 2.78. The number of piperidine rings is 1. The first-order valence-corrected chi connectivity index (χ1v) is 6.65. The topological polar surface area (TPSA) is 21.3 Å². The molecule has 3 heteroatoms. The van der Waals surface area contributed by atoms with Gasteiger partial charge in [-0.05, 0) is 55.5 Å². The molecule has 1 unspecified atom stereocenters. The Labute approximate surface area is 108 Å². The monoisotopic (exact) mass is 253 g/mol. The smallest absolute Gasteiger partial charge is 0.0716 e. The van der Waals surface area contributed by atoms with Crippen molar-refractivity contribution in [1.29, 1.82) is 0 Å². The molecule has 2 rings (SSSR count). The fraction of sp³-hybridized carbons (Fsp3) is 0.571. The van der Waals surface area contributed by atoms with Crippen molar-refractivity contribution in [2.24, 2.45) is 5.92 Å². The molecule has 1 atom stereocenters. The summed E-state index contributed by atoms with van der Waals surface area (Å²) in [5.74, 6) is 0.708. The van der Waals surface area contributed by atoms with Crippen molar-refractivity contribution in [2.45, 2.75) is 25.9 Å². The molecule has 1 aromatic carbocycles. The van der Waals surface area contributed by atoms with E-state index in [-0.39, 0.29) is 0 Å². The summed E-state index contributed by atoms with van der Waals surface area (Å²) in [6.45, 7) is 2.91. The van der Waals surface area contributed by atoms with E-state index in [1.54, 1.807) is 7.11 Å². The Hall–Kier alpha value is -0.570. The van der Waals surface area contributed by atoms with Gasteiger partial charge >= 0.3 is 0 Å². The van der Waals surface area contributed by atoms with Crippen LogP contribution in [0, 0.1) is 5.92 Å². The highest BCUT2D eigenvalue weighted by molar-refractivity contribution is 6.31. The predicted molar refractivity (Wildman–Crippen MR) is 71.5 cm³/mol. The Morgan fingerprint density at radius 2 is 2.35 bits per heavy atom. The molecule has 17 heavy (non-hydrogen) atoms. The lowest BCUT2D eigenvalue weighted by molar-refractivity contribution is 0.183. The summed E-state index contributed by atoms with van der Waals surface area (Å²) in [5.41, 5.74) is 2.50. The molecule has 0 spiro atoms. The fourth-order valence-electron chi connectivity index (χ4n) is 2.51. The van der Waals surface area contributed by atoms with Gasteiger partial charge in [0.15, 0.2) is 0 Å². The molecule has 1 N–H and O–H groups in total. The SMILES string of the molecule is COCc1cccc(Cl)c1CC1CCCNC1. The number of hydrogen-bond acceptors (Lipinski definition) is 2. The standard InChI is InChI=1S/C14H20ClNO/c1-17-10-12-5-2-6-14(15)13(12)8-11-4-3-7-16-9-11/h2,5-6,11,16H,3-4,7-10H2,1H3. The molecule has 0 saturated carbocycles. The number of ether oxygens (including phenoxy) is 1. The summed E-state index contributed by atoms with van der Waals surface area (Å²) < 4.78 is 5.24. The van der Waals surface area contributed by atoms with Gasteiger partial charge in [-0.3, -0.25) is 0 Å². The summed E-state index contributed by atoms with van der Waals surface area (Å²) >= 11 is 6.31. The number of hydrogen-bond donors (Lipinski definition) is 1. The second-order valence-electron chi connectivity index (χ2n) is 4.73. The van der Waals surface area contributed by atoms with Crippen molar-refractivity contribution in [2.75, 3.05) is 20.2 Å². The molecule has 1 aliphatic rings. The van der Waals surface area contributed by atoms with Gasteiger partial charge in [-0.1, -0.05) is 23.7 Å². The van der Waals surface area contributed by atoms with Crippen molar-refractivity contribution in [3.05, 3.63) is 34.3 Å². The van der Waals surface area contributed by atoms with Gasteiger partial charge in [-0.2, -0.15) is 0 Å². The highest BCUT2D eigenvalue weighted by atomic mass is 35.5. The lowest BCUT2D eigenvalue weighted by Crippen LogP contribution is -2.31. The van der Waals surface area contributed by atoms with E-state index in [2.05, 4.69) is 11.4 Å². The van der Waals surface area contributed by atoms with Crippen molar-refractivity contribution >= 4 is 11.6 Å². The first-order valence-electron chi connectivity index (χ1n) is 6.27. The van der Waals surface area contributed by atoms with E-state index in [4.69, 9.17) is 16.3 Å². The zero-order chi connectivity index (χ0) is 12.1. The van der Waals surface area contributed by atoms with Crippen LogP contribution < -0.4 is 5.32 Å². The average Bonchev–Trinajstić information content (AvgIpc) is 2.35. The van der Waals surface area contributed by atoms with Crippen LogP contribution in [-0.2, 0) is 17.8 Å². The number of benzene rings is 1. The van der Waals surface area contributed by atoms with Crippen LogP contribution in [0.3, 0.4) is 0 Å². The first-order chi connectivity index (χ1) is 8.31. The molecular formula is C14H20ClNO. The lowest BCUT2D eigenvalue weighted by Gasteiger charge is -2.24. The molecule has 0 radical (unpaired) electrons. The summed E-state index contributed by atoms with van der Waals surface area (Å²) in [6, 6.07) is 6.09. The van der Waals surface area contributed by atoms with E-state index in [9.17, 15) is 0 Å². The van der Waals surface area contributed by atoms with Crippen LogP contribution in [0.15, 0.2) is 18.2 Å². The summed E-state index contributed by atoms with van der Waals surface area (Å²) in [4.78, 5) is 0. The van der Waals surface area contributed by atoms with Crippen LogP contribution in [0.25, 0.3) is 0 Å². The summed E-state index contributed by atoms with van der Waals surface area (Å²) in [5, 5.41) is 4.33. The van der Waals surface area contributed by atoms with E-state index < -0.39 is 0 Å². The largest absolute Gasteiger partial charge is 0.380 e. The molecule has 1 aromatic rings. The Morgan fingerprint density at radius 1 is 1.47 bits per heavy atom. The van der Waals surface area contributed by atoms with Gasteiger partial charge in [0.2, 0.25) is 0 Å². The van der Waals surface area contributed by atoms with E-state index in [1.807, 2.05) is 12.1 Å². The number of halogens is 1. The zero-order valence-electron chi connectivity index (χ0n) is 10.3. The van der Waals surface area contributed by atoms with Crippen molar-refractivity contribution in [3.8, 4) is 0 Å². The Kier molecular flexibility index (Phi) is 4.84. The second kappa shape index (κ2) is 6.39. The normalized spacial score (nSPS) is 20.5. The summed E-state index contributed by atoms with van der Waals surface area (Å²) in [6.07, 6.45) is 3.63. The van der Waals surface area contributed by atoms with E-state index in [0.29, 0.717) is 12.5 Å². The van der Waals surface area contributed by atoms with Gasteiger partial charge in [0, 0.05) is 12.1 Å². The van der Waals surface area contributed by atoms with Gasteiger partial charge in [0.25, 0.3) is 0 Å². The third-order valence-electron chi connectivity index (χ3n) is 3.41. The number of nitrogens with one attached hydrogen (secondary N) is 1. The van der Waals surface area contributed by atoms with Crippen LogP contribution >= 0.6 is 11.6 Å². The highest BCUT2D eigenvalue weighted by Crippen LogP contribution is 2.26. The molecule has 0 amide bonds. The average molecular weight is 254 g/mol. The molecule has 0 bridgehead atoms. The van der Waals surface area contributed by atoms with Crippen molar-refractivity contribution in [3.63, 3.8) is 0 Å². The Balaban J connectivity index is 2.12. The van der Waals surface area contributed by atoms with Crippen LogP contribution in [0.2, 0.25) is 5.02 Å². The van der Waals surface area contributed by atoms with Crippen molar-refractivity contribution < 1.29 is 4.74 Å². The van der Waals surface area contributed by atoms with Crippen LogP contribution in [0.1, 0.15) is 24.0 Å². The van der Waals surface area contributed by atoms with Gasteiger partial charge in [-0.25, -0.2) is 0 Å². The minimum Gasteiger partial charge on any atom is -0.380 e. The number of rotatable bonds is 4. The van der Waals surface area contributed by atoms with E-state index >= 15 is 0 Å². The third-order valence-corrected chi connectivity index (χ3v) is 3.76. The molecule has 1 aliphatic heterocycles. The van der Waals surface area contributed by atoms with Gasteiger partial charge in [0.05, 0.1) is 6.61 Å². The van der Waals surface area contributed by atoms with Gasteiger partial charge in [-0.15, -0.1) is 0 Å². The maximum Gasteiger partial charge on any atom is 0.0716 e. The molecule has 1 heterocycles. The zero-order valence-corrected chi connectivity index (χ0v) is 11.1. The summed E-state index contributed by atoms with van der Waals surface area (Å²) in [7, 11) is 1.73. The lowest BCUT2D eigenvalue weighted by atomic mass is 9.90. The molecule has 0 aliphatic carbocycles. The van der Waals surface area contributed by atoms with Gasteiger partial charge < -0.3 is 10.1 Å². The minimum absolute atomic E-state index is 0.649. The Morgan fingerprint density at radius 3 is 3.06 bits per heavy atom. The molecular weight excluding hydrogens is 234 g/mol. The minimum atomic E-state index is 0.649. The Bertz CT molecular complexity index is 361. The highest BCUT2D eigenvalue weighted by Gasteiger charge is 2.16. The van der Waals surface area contributed by atoms with Crippen LogP contribution in [0.5, 0.6) is 0 Å². The molecule has 0 aromatic heterocycles. The molecule has 2 nitrogen and oxygen atoms in total. The molecule has 1 fully saturated rings. The maximum atomic E-state index is 6.31. The molecule has 94 valence electrons. The molecule has 1 saturated heterocycles. The van der Waals surface area contributed by atoms with E-state index in [0.717, 1.165) is 24.5 Å². The quantitative estimate of drug-likeness (QED) is 0.891.